The van der Waals surface area contributed by atoms with Crippen LogP contribution in [-0.4, -0.2) is 37.1 Å². The highest BCUT2D eigenvalue weighted by Gasteiger charge is 2.25. The molecule has 1 aliphatic heterocycles. The van der Waals surface area contributed by atoms with E-state index in [0.717, 1.165) is 35.9 Å². The summed E-state index contributed by atoms with van der Waals surface area (Å²) in [5.41, 5.74) is 2.24. The van der Waals surface area contributed by atoms with Gasteiger partial charge in [-0.2, -0.15) is 0 Å². The number of benzene rings is 2. The maximum atomic E-state index is 6.24. The van der Waals surface area contributed by atoms with Crippen molar-refractivity contribution in [1.82, 2.24) is 9.88 Å². The molecule has 4 rings (SSSR count). The smallest absolute Gasteiger partial charge is 0.147 e. The molecule has 0 unspecified atom stereocenters. The average Bonchev–Trinajstić information content (AvgIpc) is 2.59. The minimum atomic E-state index is 0.775. The van der Waals surface area contributed by atoms with Gasteiger partial charge < -0.3 is 9.80 Å². The fraction of sp³-hybridized carbons (Fsp3) is 0.250. The summed E-state index contributed by atoms with van der Waals surface area (Å²) in [6.45, 7) is 1.99. The summed E-state index contributed by atoms with van der Waals surface area (Å²) in [5.74, 6) is 1.05. The minimum absolute atomic E-state index is 0.775. The highest BCUT2D eigenvalue weighted by molar-refractivity contribution is 7.99. The zero-order valence-electron chi connectivity index (χ0n) is 14.4. The lowest BCUT2D eigenvalue weighted by atomic mass is 10.2. The monoisotopic (exact) mass is 369 g/mol. The van der Waals surface area contributed by atoms with Gasteiger partial charge in [0.2, 0.25) is 0 Å². The van der Waals surface area contributed by atoms with E-state index in [1.54, 1.807) is 11.8 Å². The molecule has 0 spiro atoms. The van der Waals surface area contributed by atoms with Crippen molar-refractivity contribution in [3.63, 3.8) is 0 Å². The molecule has 0 saturated heterocycles. The second-order valence-corrected chi connectivity index (χ2v) is 8.05. The quantitative estimate of drug-likeness (QED) is 0.609. The second-order valence-electron chi connectivity index (χ2n) is 6.53. The van der Waals surface area contributed by atoms with Gasteiger partial charge >= 0.3 is 0 Å². The van der Waals surface area contributed by atoms with E-state index in [2.05, 4.69) is 60.3 Å². The van der Waals surface area contributed by atoms with Gasteiger partial charge in [-0.1, -0.05) is 41.6 Å². The van der Waals surface area contributed by atoms with E-state index < -0.39 is 0 Å². The highest BCUT2D eigenvalue weighted by Crippen LogP contribution is 2.48. The van der Waals surface area contributed by atoms with Crippen molar-refractivity contribution in [3.8, 4) is 0 Å². The Kier molecular flexibility index (Phi) is 4.59. The van der Waals surface area contributed by atoms with Crippen molar-refractivity contribution in [2.75, 3.05) is 32.1 Å². The van der Waals surface area contributed by atoms with Gasteiger partial charge in [0.05, 0.1) is 16.1 Å². The summed E-state index contributed by atoms with van der Waals surface area (Å²) in [6.07, 6.45) is 1.08. The van der Waals surface area contributed by atoms with Gasteiger partial charge in [0.15, 0.2) is 0 Å². The van der Waals surface area contributed by atoms with Crippen LogP contribution in [0.1, 0.15) is 6.42 Å². The number of anilines is 2. The molecule has 1 aromatic heterocycles. The summed E-state index contributed by atoms with van der Waals surface area (Å²) >= 11 is 7.99. The van der Waals surface area contributed by atoms with Gasteiger partial charge in [0.1, 0.15) is 5.82 Å². The molecule has 3 aromatic rings. The zero-order valence-corrected chi connectivity index (χ0v) is 15.9. The Balaban J connectivity index is 1.79. The molecular weight excluding hydrogens is 350 g/mol. The van der Waals surface area contributed by atoms with Crippen LogP contribution < -0.4 is 4.90 Å². The van der Waals surface area contributed by atoms with Crippen LogP contribution in [0.5, 0.6) is 0 Å². The molecule has 0 bridgehead atoms. The molecule has 1 aliphatic rings. The van der Waals surface area contributed by atoms with Crippen molar-refractivity contribution in [2.45, 2.75) is 16.2 Å². The molecule has 0 amide bonds. The molecule has 0 saturated carbocycles. The zero-order chi connectivity index (χ0) is 17.4. The Morgan fingerprint density at radius 1 is 1.08 bits per heavy atom. The van der Waals surface area contributed by atoms with Gasteiger partial charge in [-0.3, -0.25) is 0 Å². The number of rotatable bonds is 4. The maximum absolute atomic E-state index is 6.24. The Labute approximate surface area is 157 Å². The van der Waals surface area contributed by atoms with E-state index >= 15 is 0 Å². The number of aromatic nitrogens is 1. The van der Waals surface area contributed by atoms with E-state index in [1.165, 1.54) is 20.9 Å². The van der Waals surface area contributed by atoms with Crippen molar-refractivity contribution in [2.24, 2.45) is 0 Å². The van der Waals surface area contributed by atoms with E-state index in [4.69, 9.17) is 16.6 Å². The highest BCUT2D eigenvalue weighted by atomic mass is 35.5. The number of halogens is 1. The lowest BCUT2D eigenvalue weighted by molar-refractivity contribution is 0.402. The standard InChI is InChI=1S/C20H20ClN3S/c1-23(2)10-5-11-24-17-9-8-15(21)13-18(17)25-19-12-14-6-3-4-7-16(14)22-20(19)24/h3-4,6-9,12-13H,5,10-11H2,1-2H3. The minimum Gasteiger partial charge on any atom is -0.324 e. The van der Waals surface area contributed by atoms with E-state index in [0.29, 0.717) is 0 Å². The normalized spacial score (nSPS) is 13.2. The molecule has 0 N–H and O–H groups in total. The number of fused-ring (bicyclic) bond motifs is 3. The third-order valence-corrected chi connectivity index (χ3v) is 5.65. The van der Waals surface area contributed by atoms with E-state index in [1.807, 2.05) is 12.1 Å². The Bertz CT molecular complexity index is 926. The van der Waals surface area contributed by atoms with E-state index in [-0.39, 0.29) is 0 Å². The van der Waals surface area contributed by atoms with Crippen molar-refractivity contribution in [3.05, 3.63) is 53.6 Å². The van der Waals surface area contributed by atoms with Gasteiger partial charge in [0, 0.05) is 21.8 Å². The Morgan fingerprint density at radius 3 is 2.76 bits per heavy atom. The fourth-order valence-electron chi connectivity index (χ4n) is 3.15. The number of hydrogen-bond donors (Lipinski definition) is 0. The largest absolute Gasteiger partial charge is 0.324 e. The van der Waals surface area contributed by atoms with Crippen LogP contribution in [-0.2, 0) is 0 Å². The summed E-state index contributed by atoms with van der Waals surface area (Å²) in [5, 5.41) is 1.95. The second kappa shape index (κ2) is 6.87. The predicted octanol–water partition coefficient (Wildman–Crippen LogP) is 5.44. The van der Waals surface area contributed by atoms with Crippen LogP contribution >= 0.6 is 23.4 Å². The molecule has 5 heteroatoms. The Morgan fingerprint density at radius 2 is 1.92 bits per heavy atom. The molecular formula is C20H20ClN3S. The maximum Gasteiger partial charge on any atom is 0.147 e. The van der Waals surface area contributed by atoms with Crippen LogP contribution in [0.4, 0.5) is 11.5 Å². The molecule has 0 aliphatic carbocycles. The van der Waals surface area contributed by atoms with Gasteiger partial charge in [0.25, 0.3) is 0 Å². The van der Waals surface area contributed by atoms with Gasteiger partial charge in [-0.15, -0.1) is 0 Å². The van der Waals surface area contributed by atoms with Gasteiger partial charge in [-0.05, 0) is 57.4 Å². The van der Waals surface area contributed by atoms with Crippen LogP contribution in [0.15, 0.2) is 58.3 Å². The van der Waals surface area contributed by atoms with Crippen molar-refractivity contribution < 1.29 is 0 Å². The van der Waals surface area contributed by atoms with Crippen LogP contribution in [0.3, 0.4) is 0 Å². The number of hydrogen-bond acceptors (Lipinski definition) is 4. The Hall–Kier alpha value is -1.75. The first kappa shape index (κ1) is 16.7. The van der Waals surface area contributed by atoms with Crippen LogP contribution in [0.25, 0.3) is 10.9 Å². The molecule has 128 valence electrons. The van der Waals surface area contributed by atoms with Crippen molar-refractivity contribution in [1.29, 1.82) is 0 Å². The average molecular weight is 370 g/mol. The third-order valence-electron chi connectivity index (χ3n) is 4.35. The summed E-state index contributed by atoms with van der Waals surface area (Å²) in [7, 11) is 4.22. The fourth-order valence-corrected chi connectivity index (χ4v) is 4.53. The molecule has 2 aromatic carbocycles. The lowest BCUT2D eigenvalue weighted by Crippen LogP contribution is -2.26. The number of nitrogens with zero attached hydrogens (tertiary/aromatic N) is 3. The van der Waals surface area contributed by atoms with Gasteiger partial charge in [-0.25, -0.2) is 4.98 Å². The van der Waals surface area contributed by atoms with Crippen LogP contribution in [0, 0.1) is 0 Å². The molecule has 3 nitrogen and oxygen atoms in total. The molecule has 2 heterocycles. The van der Waals surface area contributed by atoms with Crippen LogP contribution in [0.2, 0.25) is 5.02 Å². The molecule has 0 fully saturated rings. The van der Waals surface area contributed by atoms with E-state index in [9.17, 15) is 0 Å². The predicted molar refractivity (Wildman–Crippen MR) is 107 cm³/mol. The first-order valence-corrected chi connectivity index (χ1v) is 9.61. The molecule has 0 atom stereocenters. The number of para-hydroxylation sites is 1. The third kappa shape index (κ3) is 3.34. The molecule has 0 radical (unpaired) electrons. The number of pyridine rings is 1. The SMILES string of the molecule is CN(C)CCCN1c2ccc(Cl)cc2Sc2cc3ccccc3nc21. The topological polar surface area (TPSA) is 19.4 Å². The summed E-state index contributed by atoms with van der Waals surface area (Å²) < 4.78 is 0. The molecule has 25 heavy (non-hydrogen) atoms. The first-order valence-electron chi connectivity index (χ1n) is 8.41. The summed E-state index contributed by atoms with van der Waals surface area (Å²) in [6, 6.07) is 16.7. The van der Waals surface area contributed by atoms with Crippen molar-refractivity contribution >= 4 is 45.8 Å². The first-order chi connectivity index (χ1) is 12.1. The summed E-state index contributed by atoms with van der Waals surface area (Å²) in [4.78, 5) is 11.9. The lowest BCUT2D eigenvalue weighted by Gasteiger charge is -2.32.